The van der Waals surface area contributed by atoms with Crippen LogP contribution in [0.15, 0.2) is 36.5 Å². The molecular formula is C25H30N4O4S. The Hall–Kier alpha value is -2.75. The second-order valence-electron chi connectivity index (χ2n) is 9.00. The molecule has 5 rings (SSSR count). The van der Waals surface area contributed by atoms with Crippen molar-refractivity contribution in [2.24, 2.45) is 5.92 Å². The summed E-state index contributed by atoms with van der Waals surface area (Å²) in [6.07, 6.45) is 7.19. The number of hydrogen-bond donors (Lipinski definition) is 3. The molecule has 1 saturated carbocycles. The molecule has 0 radical (unpaired) electrons. The van der Waals surface area contributed by atoms with Gasteiger partial charge in [0, 0.05) is 38.1 Å². The summed E-state index contributed by atoms with van der Waals surface area (Å²) in [6, 6.07) is 9.19. The van der Waals surface area contributed by atoms with E-state index in [1.807, 2.05) is 18.2 Å². The molecule has 1 amide bonds. The predicted molar refractivity (Wildman–Crippen MR) is 132 cm³/mol. The third-order valence-corrected chi connectivity index (χ3v) is 7.44. The number of pyridine rings is 1. The number of thiazole rings is 1. The fourth-order valence-electron chi connectivity index (χ4n) is 4.48. The van der Waals surface area contributed by atoms with Crippen LogP contribution in [-0.4, -0.2) is 52.9 Å². The number of fused-ring (bicyclic) bond motifs is 1. The molecule has 3 heterocycles. The van der Waals surface area contributed by atoms with Crippen LogP contribution in [0, 0.1) is 5.92 Å². The zero-order valence-corrected chi connectivity index (χ0v) is 19.9. The molecule has 0 spiro atoms. The minimum absolute atomic E-state index is 0.0536. The molecule has 2 atom stereocenters. The molecule has 2 aromatic heterocycles. The van der Waals surface area contributed by atoms with E-state index in [0.717, 1.165) is 67.1 Å². The van der Waals surface area contributed by atoms with Gasteiger partial charge in [0.2, 0.25) is 0 Å². The molecule has 9 heteroatoms. The van der Waals surface area contributed by atoms with Crippen LogP contribution in [0.25, 0.3) is 10.2 Å². The maximum absolute atomic E-state index is 12.6. The van der Waals surface area contributed by atoms with Crippen LogP contribution in [0.4, 0.5) is 5.13 Å². The number of hydrogen-bond acceptors (Lipinski definition) is 8. The van der Waals surface area contributed by atoms with Crippen LogP contribution in [-0.2, 0) is 4.74 Å². The smallest absolute Gasteiger partial charge is 0.270 e. The van der Waals surface area contributed by atoms with Crippen LogP contribution in [0.1, 0.15) is 49.0 Å². The summed E-state index contributed by atoms with van der Waals surface area (Å²) in [6.45, 7) is 2.14. The predicted octanol–water partition coefficient (Wildman–Crippen LogP) is 4.36. The number of carbonyl (C=O) groups is 1. The number of nitrogens with zero attached hydrogens (tertiary/aromatic N) is 2. The zero-order chi connectivity index (χ0) is 23.3. The topological polar surface area (TPSA) is 106 Å². The summed E-state index contributed by atoms with van der Waals surface area (Å²) in [7, 11) is 0. The van der Waals surface area contributed by atoms with Gasteiger partial charge in [-0.15, -0.1) is 0 Å². The molecular weight excluding hydrogens is 452 g/mol. The van der Waals surface area contributed by atoms with Gasteiger partial charge in [0.25, 0.3) is 5.91 Å². The molecule has 8 nitrogen and oxygen atoms in total. The van der Waals surface area contributed by atoms with Gasteiger partial charge in [0.15, 0.2) is 5.13 Å². The highest BCUT2D eigenvalue weighted by molar-refractivity contribution is 7.22. The maximum atomic E-state index is 12.6. The molecule has 1 saturated heterocycles. The van der Waals surface area contributed by atoms with Gasteiger partial charge in [-0.1, -0.05) is 24.2 Å². The summed E-state index contributed by atoms with van der Waals surface area (Å²) in [5.41, 5.74) is 1.22. The van der Waals surface area contributed by atoms with Crippen molar-refractivity contribution in [1.29, 1.82) is 0 Å². The Labute approximate surface area is 202 Å². The fourth-order valence-corrected chi connectivity index (χ4v) is 5.44. The normalized spacial score (nSPS) is 21.3. The average molecular weight is 483 g/mol. The van der Waals surface area contributed by atoms with Crippen molar-refractivity contribution in [3.63, 3.8) is 0 Å². The Morgan fingerprint density at radius 3 is 2.79 bits per heavy atom. The summed E-state index contributed by atoms with van der Waals surface area (Å²) >= 11 is 1.55. The number of carbonyl (C=O) groups excluding carboxylic acids is 1. The molecule has 3 N–H and O–H groups in total. The highest BCUT2D eigenvalue weighted by Crippen LogP contribution is 2.33. The van der Waals surface area contributed by atoms with E-state index in [1.54, 1.807) is 29.7 Å². The van der Waals surface area contributed by atoms with Crippen molar-refractivity contribution in [3.8, 4) is 11.5 Å². The van der Waals surface area contributed by atoms with Crippen LogP contribution in [0.5, 0.6) is 11.5 Å². The summed E-state index contributed by atoms with van der Waals surface area (Å²) in [5, 5.41) is 17.4. The molecule has 180 valence electrons. The van der Waals surface area contributed by atoms with Crippen LogP contribution in [0.3, 0.4) is 0 Å². The Kier molecular flexibility index (Phi) is 7.22. The molecule has 2 aliphatic rings. The molecule has 34 heavy (non-hydrogen) atoms. The third kappa shape index (κ3) is 5.65. The van der Waals surface area contributed by atoms with Crippen LogP contribution < -0.4 is 15.4 Å². The number of aliphatic hydroxyl groups is 1. The lowest BCUT2D eigenvalue weighted by atomic mass is 9.93. The van der Waals surface area contributed by atoms with Gasteiger partial charge in [-0.3, -0.25) is 9.78 Å². The maximum Gasteiger partial charge on any atom is 0.270 e. The molecule has 1 aliphatic carbocycles. The quantitative estimate of drug-likeness (QED) is 0.460. The first-order valence-corrected chi connectivity index (χ1v) is 12.8. The molecule has 0 bridgehead atoms. The number of benzene rings is 1. The number of rotatable bonds is 7. The van der Waals surface area contributed by atoms with Crippen molar-refractivity contribution in [3.05, 3.63) is 42.2 Å². The average Bonchev–Trinajstić information content (AvgIpc) is 3.26. The van der Waals surface area contributed by atoms with Gasteiger partial charge in [0.1, 0.15) is 17.2 Å². The van der Waals surface area contributed by atoms with Crippen LogP contribution >= 0.6 is 11.3 Å². The van der Waals surface area contributed by atoms with E-state index >= 15 is 0 Å². The van der Waals surface area contributed by atoms with Crippen molar-refractivity contribution < 1.29 is 19.4 Å². The van der Waals surface area contributed by atoms with Crippen molar-refractivity contribution in [2.45, 2.75) is 50.7 Å². The first-order valence-electron chi connectivity index (χ1n) is 12.0. The van der Waals surface area contributed by atoms with E-state index in [9.17, 15) is 9.90 Å². The van der Waals surface area contributed by atoms with Crippen molar-refractivity contribution >= 4 is 32.6 Å². The Morgan fingerprint density at radius 2 is 1.94 bits per heavy atom. The van der Waals surface area contributed by atoms with Gasteiger partial charge in [-0.2, -0.15) is 0 Å². The molecule has 0 unspecified atom stereocenters. The first-order chi connectivity index (χ1) is 16.6. The van der Waals surface area contributed by atoms with Gasteiger partial charge in [-0.25, -0.2) is 4.98 Å². The minimum atomic E-state index is -0.325. The van der Waals surface area contributed by atoms with Gasteiger partial charge in [-0.05, 0) is 49.8 Å². The molecule has 1 aliphatic heterocycles. The molecule has 2 fully saturated rings. The second kappa shape index (κ2) is 10.7. The fraction of sp³-hybridized carbons (Fsp3) is 0.480. The number of aliphatic hydroxyl groups excluding tert-OH is 1. The number of anilines is 1. The summed E-state index contributed by atoms with van der Waals surface area (Å²) in [5.74, 6) is 1.47. The van der Waals surface area contributed by atoms with E-state index in [4.69, 9.17) is 9.47 Å². The largest absolute Gasteiger partial charge is 0.457 e. The highest BCUT2D eigenvalue weighted by Gasteiger charge is 2.23. The van der Waals surface area contributed by atoms with Crippen molar-refractivity contribution in [1.82, 2.24) is 15.3 Å². The Bertz CT molecular complexity index is 1130. The summed E-state index contributed by atoms with van der Waals surface area (Å²) < 4.78 is 12.4. The third-order valence-electron chi connectivity index (χ3n) is 6.49. The summed E-state index contributed by atoms with van der Waals surface area (Å²) in [4.78, 5) is 21.4. The molecule has 3 aromatic rings. The number of amides is 1. The Balaban J connectivity index is 1.22. The van der Waals surface area contributed by atoms with E-state index in [1.165, 1.54) is 0 Å². The molecule has 1 aromatic carbocycles. The minimum Gasteiger partial charge on any atom is -0.457 e. The van der Waals surface area contributed by atoms with Crippen LogP contribution in [0.2, 0.25) is 0 Å². The number of nitrogens with one attached hydrogen (secondary N) is 2. The van der Waals surface area contributed by atoms with Gasteiger partial charge >= 0.3 is 0 Å². The van der Waals surface area contributed by atoms with Gasteiger partial charge < -0.3 is 25.2 Å². The number of aromatic nitrogens is 2. The first kappa shape index (κ1) is 23.0. The van der Waals surface area contributed by atoms with E-state index in [-0.39, 0.29) is 18.1 Å². The Morgan fingerprint density at radius 1 is 1.12 bits per heavy atom. The van der Waals surface area contributed by atoms with E-state index in [2.05, 4.69) is 20.6 Å². The SMILES string of the molecule is O=C(NCC1CCOCC1)c1cc(Oc2ccc3nc(N[C@@H]4CCCC[C@H]4O)sc3c2)ccn1. The number of ether oxygens (including phenoxy) is 2. The second-order valence-corrected chi connectivity index (χ2v) is 10.0. The lowest BCUT2D eigenvalue weighted by Gasteiger charge is -2.27. The van der Waals surface area contributed by atoms with E-state index in [0.29, 0.717) is 29.7 Å². The highest BCUT2D eigenvalue weighted by atomic mass is 32.1. The zero-order valence-electron chi connectivity index (χ0n) is 19.0. The van der Waals surface area contributed by atoms with Crippen molar-refractivity contribution in [2.75, 3.05) is 25.1 Å². The standard InChI is InChI=1S/C25H30N4O4S/c30-22-4-2-1-3-19(22)28-25-29-20-6-5-17(14-23(20)34-25)33-18-7-10-26-21(13-18)24(31)27-15-16-8-11-32-12-9-16/h5-7,10,13-14,16,19,22,30H,1-4,8-9,11-12,15H2,(H,27,31)(H,28,29)/t19-,22-/m1/s1. The van der Waals surface area contributed by atoms with Gasteiger partial charge in [0.05, 0.1) is 22.4 Å². The lowest BCUT2D eigenvalue weighted by molar-refractivity contribution is 0.0642. The van der Waals surface area contributed by atoms with E-state index < -0.39 is 0 Å². The lowest BCUT2D eigenvalue weighted by Crippen LogP contribution is -2.36. The monoisotopic (exact) mass is 482 g/mol.